The van der Waals surface area contributed by atoms with E-state index in [9.17, 15) is 4.39 Å². The lowest BCUT2D eigenvalue weighted by Gasteiger charge is -2.14. The highest BCUT2D eigenvalue weighted by Gasteiger charge is 2.18. The lowest BCUT2D eigenvalue weighted by atomic mass is 10.2. The molecule has 0 aliphatic rings. The fraction of sp³-hybridized carbons (Fsp3) is 0.0714. The first-order valence-electron chi connectivity index (χ1n) is 5.76. The molecule has 7 heteroatoms. The van der Waals surface area contributed by atoms with Gasteiger partial charge in [0.25, 0.3) is 0 Å². The third-order valence-electron chi connectivity index (χ3n) is 2.72. The van der Waals surface area contributed by atoms with E-state index in [0.29, 0.717) is 5.56 Å². The smallest absolute Gasteiger partial charge is 0.188 e. The van der Waals surface area contributed by atoms with Crippen molar-refractivity contribution in [3.8, 4) is 23.3 Å². The molecule has 0 amide bonds. The van der Waals surface area contributed by atoms with Crippen LogP contribution in [0.15, 0.2) is 24.3 Å². The number of halogens is 2. The Balaban J connectivity index is 2.49. The molecule has 0 unspecified atom stereocenters. The molecule has 0 heterocycles. The fourth-order valence-electron chi connectivity index (χ4n) is 1.68. The molecular weight excluding hydrogens is 297 g/mol. The second-order valence-corrected chi connectivity index (χ2v) is 4.47. The lowest BCUT2D eigenvalue weighted by Crippen LogP contribution is -2.00. The average Bonchev–Trinajstić information content (AvgIpc) is 2.49. The Hall–Kier alpha value is -2.65. The van der Waals surface area contributed by atoms with Crippen LogP contribution in [0, 0.1) is 17.1 Å². The van der Waals surface area contributed by atoms with Gasteiger partial charge in [0, 0.05) is 6.07 Å². The maximum atomic E-state index is 14.1. The number of hydrogen-bond donors (Lipinski definition) is 2. The number of anilines is 2. The highest BCUT2D eigenvalue weighted by Crippen LogP contribution is 2.40. The zero-order chi connectivity index (χ0) is 15.6. The standard InChI is InChI=1S/C14H11ClFN3O2/c1-20-11-4-7(6-17)2-3-10(11)21-14-9(19)5-8(18)12(15)13(14)16/h2-5H,18-19H2,1H3. The molecule has 0 aliphatic heterocycles. The van der Waals surface area contributed by atoms with Crippen LogP contribution in [0.4, 0.5) is 15.8 Å². The van der Waals surface area contributed by atoms with E-state index in [1.54, 1.807) is 0 Å². The SMILES string of the molecule is COc1cc(C#N)ccc1Oc1c(N)cc(N)c(Cl)c1F. The fourth-order valence-corrected chi connectivity index (χ4v) is 1.83. The Morgan fingerprint density at radius 2 is 1.90 bits per heavy atom. The van der Waals surface area contributed by atoms with E-state index in [-0.39, 0.29) is 33.6 Å². The molecule has 4 N–H and O–H groups in total. The van der Waals surface area contributed by atoms with Gasteiger partial charge in [-0.05, 0) is 18.2 Å². The Kier molecular flexibility index (Phi) is 4.05. The summed E-state index contributed by atoms with van der Waals surface area (Å²) in [6.07, 6.45) is 0. The van der Waals surface area contributed by atoms with Crippen molar-refractivity contribution in [2.45, 2.75) is 0 Å². The van der Waals surface area contributed by atoms with Crippen LogP contribution in [-0.4, -0.2) is 7.11 Å². The number of methoxy groups -OCH3 is 1. The third kappa shape index (κ3) is 2.78. The van der Waals surface area contributed by atoms with E-state index in [1.807, 2.05) is 6.07 Å². The van der Waals surface area contributed by atoms with Crippen molar-refractivity contribution in [2.75, 3.05) is 18.6 Å². The summed E-state index contributed by atoms with van der Waals surface area (Å²) in [4.78, 5) is 0. The summed E-state index contributed by atoms with van der Waals surface area (Å²) in [6, 6.07) is 7.70. The normalized spacial score (nSPS) is 10.0. The van der Waals surface area contributed by atoms with Crippen molar-refractivity contribution in [1.29, 1.82) is 5.26 Å². The number of nitriles is 1. The van der Waals surface area contributed by atoms with Gasteiger partial charge in [0.05, 0.1) is 30.1 Å². The summed E-state index contributed by atoms with van der Waals surface area (Å²) in [5.41, 5.74) is 11.6. The lowest BCUT2D eigenvalue weighted by molar-refractivity contribution is 0.372. The van der Waals surface area contributed by atoms with Gasteiger partial charge in [0.1, 0.15) is 5.02 Å². The summed E-state index contributed by atoms with van der Waals surface area (Å²) in [5.74, 6) is -0.651. The molecule has 0 radical (unpaired) electrons. The zero-order valence-electron chi connectivity index (χ0n) is 11.0. The van der Waals surface area contributed by atoms with Crippen LogP contribution in [0.25, 0.3) is 0 Å². The number of hydrogen-bond acceptors (Lipinski definition) is 5. The van der Waals surface area contributed by atoms with E-state index >= 15 is 0 Å². The van der Waals surface area contributed by atoms with Crippen LogP contribution in [0.1, 0.15) is 5.56 Å². The van der Waals surface area contributed by atoms with Gasteiger partial charge in [0.15, 0.2) is 23.1 Å². The van der Waals surface area contributed by atoms with E-state index in [1.165, 1.54) is 31.4 Å². The Morgan fingerprint density at radius 1 is 1.19 bits per heavy atom. The van der Waals surface area contributed by atoms with Crippen LogP contribution in [0.5, 0.6) is 17.2 Å². The Bertz CT molecular complexity index is 744. The molecule has 0 saturated heterocycles. The number of nitrogens with zero attached hydrogens (tertiary/aromatic N) is 1. The first-order chi connectivity index (χ1) is 9.97. The number of benzene rings is 2. The van der Waals surface area contributed by atoms with Gasteiger partial charge in [-0.1, -0.05) is 11.6 Å². The predicted molar refractivity (Wildman–Crippen MR) is 78.0 cm³/mol. The van der Waals surface area contributed by atoms with E-state index < -0.39 is 5.82 Å². The van der Waals surface area contributed by atoms with Crippen molar-refractivity contribution >= 4 is 23.0 Å². The van der Waals surface area contributed by atoms with Crippen molar-refractivity contribution in [3.05, 3.63) is 40.7 Å². The number of nitrogen functional groups attached to an aromatic ring is 2. The minimum absolute atomic E-state index is 0.000753. The predicted octanol–water partition coefficient (Wildman–Crippen LogP) is 3.32. The molecule has 2 rings (SSSR count). The molecule has 0 atom stereocenters. The van der Waals surface area contributed by atoms with Crippen LogP contribution < -0.4 is 20.9 Å². The first-order valence-corrected chi connectivity index (χ1v) is 6.14. The van der Waals surface area contributed by atoms with Crippen molar-refractivity contribution in [2.24, 2.45) is 0 Å². The summed E-state index contributed by atoms with van der Waals surface area (Å²) < 4.78 is 24.6. The number of rotatable bonds is 3. The second kappa shape index (κ2) is 5.77. The van der Waals surface area contributed by atoms with Gasteiger partial charge >= 0.3 is 0 Å². The van der Waals surface area contributed by atoms with E-state index in [4.69, 9.17) is 37.8 Å². The van der Waals surface area contributed by atoms with Crippen LogP contribution >= 0.6 is 11.6 Å². The summed E-state index contributed by atoms with van der Waals surface area (Å²) in [6.45, 7) is 0. The molecule has 2 aromatic carbocycles. The molecule has 21 heavy (non-hydrogen) atoms. The van der Waals surface area contributed by atoms with Crippen molar-refractivity contribution < 1.29 is 13.9 Å². The third-order valence-corrected chi connectivity index (χ3v) is 3.11. The molecule has 0 saturated carbocycles. The largest absolute Gasteiger partial charge is 0.493 e. The maximum Gasteiger partial charge on any atom is 0.188 e. The van der Waals surface area contributed by atoms with Crippen molar-refractivity contribution in [1.82, 2.24) is 0 Å². The monoisotopic (exact) mass is 307 g/mol. The summed E-state index contributed by atoms with van der Waals surface area (Å²) in [5, 5.41) is 8.56. The maximum absolute atomic E-state index is 14.1. The minimum atomic E-state index is -0.861. The summed E-state index contributed by atoms with van der Waals surface area (Å²) >= 11 is 5.73. The highest BCUT2D eigenvalue weighted by atomic mass is 35.5. The van der Waals surface area contributed by atoms with E-state index in [0.717, 1.165) is 0 Å². The first kappa shape index (κ1) is 14.8. The van der Waals surface area contributed by atoms with E-state index in [2.05, 4.69) is 0 Å². The van der Waals surface area contributed by atoms with Crippen LogP contribution in [-0.2, 0) is 0 Å². The van der Waals surface area contributed by atoms with Gasteiger partial charge in [-0.3, -0.25) is 0 Å². The highest BCUT2D eigenvalue weighted by molar-refractivity contribution is 6.33. The summed E-state index contributed by atoms with van der Waals surface area (Å²) in [7, 11) is 1.40. The van der Waals surface area contributed by atoms with Gasteiger partial charge in [-0.2, -0.15) is 5.26 Å². The molecule has 0 aliphatic carbocycles. The number of nitrogens with two attached hydrogens (primary N) is 2. The molecule has 0 bridgehead atoms. The Morgan fingerprint density at radius 3 is 2.52 bits per heavy atom. The Labute approximate surface area is 125 Å². The molecule has 108 valence electrons. The van der Waals surface area contributed by atoms with Crippen LogP contribution in [0.3, 0.4) is 0 Å². The molecule has 5 nitrogen and oxygen atoms in total. The molecule has 2 aromatic rings. The average molecular weight is 308 g/mol. The van der Waals surface area contributed by atoms with Gasteiger partial charge < -0.3 is 20.9 Å². The minimum Gasteiger partial charge on any atom is -0.493 e. The quantitative estimate of drug-likeness (QED) is 0.848. The molecule has 0 aromatic heterocycles. The molecule has 0 fully saturated rings. The van der Waals surface area contributed by atoms with Gasteiger partial charge in [-0.25, -0.2) is 4.39 Å². The second-order valence-electron chi connectivity index (χ2n) is 4.09. The molecule has 0 spiro atoms. The van der Waals surface area contributed by atoms with Gasteiger partial charge in [0.2, 0.25) is 0 Å². The number of ether oxygens (including phenoxy) is 2. The topological polar surface area (TPSA) is 94.3 Å². The van der Waals surface area contributed by atoms with Crippen molar-refractivity contribution in [3.63, 3.8) is 0 Å². The van der Waals surface area contributed by atoms with Gasteiger partial charge in [-0.15, -0.1) is 0 Å². The van der Waals surface area contributed by atoms with Crippen LogP contribution in [0.2, 0.25) is 5.02 Å². The zero-order valence-corrected chi connectivity index (χ0v) is 11.7. The molecular formula is C14H11ClFN3O2.